The lowest BCUT2D eigenvalue weighted by molar-refractivity contribution is -0.143. The number of esters is 1. The third-order valence-electron chi connectivity index (χ3n) is 3.37. The molecule has 0 spiro atoms. The van der Waals surface area contributed by atoms with Crippen molar-refractivity contribution in [3.05, 3.63) is 64.7 Å². The number of nitrogens with one attached hydrogen (secondary N) is 2. The molecule has 9 heteroatoms. The number of amides is 2. The molecule has 2 amide bonds. The normalized spacial score (nSPS) is 12.2. The van der Waals surface area contributed by atoms with Gasteiger partial charge in [0.2, 0.25) is 0 Å². The van der Waals surface area contributed by atoms with Crippen molar-refractivity contribution >= 4 is 29.3 Å². The Labute approximate surface area is 152 Å². The minimum atomic E-state index is -4.66. The number of ether oxygens (including phenoxy) is 1. The maximum atomic E-state index is 12.9. The second-order valence-corrected chi connectivity index (χ2v) is 5.56. The first-order chi connectivity index (χ1) is 12.2. The smallest absolute Gasteiger partial charge is 0.417 e. The molecule has 1 unspecified atom stereocenters. The van der Waals surface area contributed by atoms with Crippen LogP contribution in [-0.2, 0) is 15.7 Å². The van der Waals surface area contributed by atoms with Crippen LogP contribution in [0.1, 0.15) is 17.2 Å². The first kappa shape index (κ1) is 19.6. The van der Waals surface area contributed by atoms with Crippen LogP contribution in [0, 0.1) is 0 Å². The molecular formula is C17H14ClF3N2O3. The van der Waals surface area contributed by atoms with Crippen molar-refractivity contribution in [2.24, 2.45) is 0 Å². The van der Waals surface area contributed by atoms with E-state index in [9.17, 15) is 22.8 Å². The molecule has 2 N–H and O–H groups in total. The van der Waals surface area contributed by atoms with Crippen LogP contribution in [-0.4, -0.2) is 19.1 Å². The van der Waals surface area contributed by atoms with Gasteiger partial charge in [-0.15, -0.1) is 0 Å². The topological polar surface area (TPSA) is 67.4 Å². The summed E-state index contributed by atoms with van der Waals surface area (Å²) in [5, 5.41) is 4.12. The van der Waals surface area contributed by atoms with E-state index >= 15 is 0 Å². The number of hydrogen-bond acceptors (Lipinski definition) is 3. The number of carbonyl (C=O) groups is 2. The van der Waals surface area contributed by atoms with E-state index in [1.54, 1.807) is 30.3 Å². The maximum Gasteiger partial charge on any atom is 0.417 e. The lowest BCUT2D eigenvalue weighted by atomic mass is 10.1. The number of alkyl halides is 3. The standard InChI is InChI=1S/C17H14ClF3N2O3/c1-26-15(24)14(10-5-3-2-4-6-10)23-16(25)22-11-7-8-13(18)12(9-11)17(19,20)21/h2-9,14H,1H3,(H2,22,23,25). The quantitative estimate of drug-likeness (QED) is 0.765. The minimum absolute atomic E-state index is 0.129. The van der Waals surface area contributed by atoms with E-state index in [1.807, 2.05) is 0 Å². The third kappa shape index (κ3) is 4.89. The monoisotopic (exact) mass is 386 g/mol. The summed E-state index contributed by atoms with van der Waals surface area (Å²) in [6, 6.07) is 9.22. The lowest BCUT2D eigenvalue weighted by Crippen LogP contribution is -2.37. The maximum absolute atomic E-state index is 12.9. The summed E-state index contributed by atoms with van der Waals surface area (Å²) in [5.74, 6) is -0.724. The van der Waals surface area contributed by atoms with Crippen LogP contribution < -0.4 is 10.6 Å². The van der Waals surface area contributed by atoms with Crippen molar-refractivity contribution in [1.82, 2.24) is 5.32 Å². The fourth-order valence-electron chi connectivity index (χ4n) is 2.16. The zero-order valence-corrected chi connectivity index (χ0v) is 14.2. The summed E-state index contributed by atoms with van der Waals surface area (Å²) in [7, 11) is 1.16. The Bertz CT molecular complexity index is 798. The number of rotatable bonds is 4. The number of carbonyl (C=O) groups excluding carboxylic acids is 2. The molecule has 2 aromatic rings. The fourth-order valence-corrected chi connectivity index (χ4v) is 2.38. The van der Waals surface area contributed by atoms with E-state index in [0.717, 1.165) is 13.2 Å². The lowest BCUT2D eigenvalue weighted by Gasteiger charge is -2.18. The highest BCUT2D eigenvalue weighted by molar-refractivity contribution is 6.31. The molecule has 2 rings (SSSR count). The van der Waals surface area contributed by atoms with E-state index in [1.165, 1.54) is 6.07 Å². The molecule has 0 aliphatic carbocycles. The van der Waals surface area contributed by atoms with Gasteiger partial charge in [0.15, 0.2) is 6.04 Å². The van der Waals surface area contributed by atoms with Crippen LogP contribution in [0.3, 0.4) is 0 Å². The molecule has 1 atom stereocenters. The van der Waals surface area contributed by atoms with Crippen LogP contribution in [0.25, 0.3) is 0 Å². The molecule has 0 fully saturated rings. The molecule has 5 nitrogen and oxygen atoms in total. The van der Waals surface area contributed by atoms with Crippen molar-refractivity contribution in [2.75, 3.05) is 12.4 Å². The molecule has 0 radical (unpaired) electrons. The average Bonchev–Trinajstić information content (AvgIpc) is 2.60. The second-order valence-electron chi connectivity index (χ2n) is 5.16. The van der Waals surface area contributed by atoms with E-state index < -0.39 is 34.8 Å². The van der Waals surface area contributed by atoms with Gasteiger partial charge in [-0.25, -0.2) is 9.59 Å². The molecule has 0 aromatic heterocycles. The van der Waals surface area contributed by atoms with E-state index in [-0.39, 0.29) is 5.69 Å². The van der Waals surface area contributed by atoms with Gasteiger partial charge in [-0.05, 0) is 23.8 Å². The Balaban J connectivity index is 2.17. The first-order valence-electron chi connectivity index (χ1n) is 7.29. The highest BCUT2D eigenvalue weighted by atomic mass is 35.5. The van der Waals surface area contributed by atoms with Gasteiger partial charge in [0.25, 0.3) is 0 Å². The Morgan fingerprint density at radius 2 is 1.77 bits per heavy atom. The molecular weight excluding hydrogens is 373 g/mol. The molecule has 0 saturated heterocycles. The van der Waals surface area contributed by atoms with Gasteiger partial charge in [0.05, 0.1) is 17.7 Å². The van der Waals surface area contributed by atoms with Gasteiger partial charge in [-0.1, -0.05) is 41.9 Å². The zero-order chi connectivity index (χ0) is 19.3. The fraction of sp³-hybridized carbons (Fsp3) is 0.176. The number of urea groups is 1. The van der Waals surface area contributed by atoms with Gasteiger partial charge < -0.3 is 15.4 Å². The van der Waals surface area contributed by atoms with Crippen molar-refractivity contribution in [3.8, 4) is 0 Å². The molecule has 26 heavy (non-hydrogen) atoms. The molecule has 2 aromatic carbocycles. The summed E-state index contributed by atoms with van der Waals surface area (Å²) >= 11 is 5.53. The van der Waals surface area contributed by atoms with Crippen molar-refractivity contribution in [2.45, 2.75) is 12.2 Å². The Kier molecular flexibility index (Phi) is 6.10. The number of halogens is 4. The third-order valence-corrected chi connectivity index (χ3v) is 3.70. The number of anilines is 1. The first-order valence-corrected chi connectivity index (χ1v) is 7.67. The van der Waals surface area contributed by atoms with Crippen molar-refractivity contribution in [1.29, 1.82) is 0 Å². The summed E-state index contributed by atoms with van der Waals surface area (Å²) in [5.41, 5.74) is -0.748. The Morgan fingerprint density at radius 3 is 2.35 bits per heavy atom. The SMILES string of the molecule is COC(=O)C(NC(=O)Nc1ccc(Cl)c(C(F)(F)F)c1)c1ccccc1. The zero-order valence-electron chi connectivity index (χ0n) is 13.4. The van der Waals surface area contributed by atoms with Crippen molar-refractivity contribution < 1.29 is 27.5 Å². The van der Waals surface area contributed by atoms with Gasteiger partial charge in [-0.2, -0.15) is 13.2 Å². The van der Waals surface area contributed by atoms with Gasteiger partial charge in [0, 0.05) is 5.69 Å². The predicted molar refractivity (Wildman–Crippen MR) is 89.8 cm³/mol. The molecule has 138 valence electrons. The van der Waals surface area contributed by atoms with Gasteiger partial charge >= 0.3 is 18.2 Å². The summed E-state index contributed by atoms with van der Waals surface area (Å²) in [4.78, 5) is 24.0. The average molecular weight is 387 g/mol. The second kappa shape index (κ2) is 8.09. The highest BCUT2D eigenvalue weighted by Gasteiger charge is 2.33. The Hall–Kier alpha value is -2.74. The number of benzene rings is 2. The predicted octanol–water partition coefficient (Wildman–Crippen LogP) is 4.39. The van der Waals surface area contributed by atoms with Gasteiger partial charge in [0.1, 0.15) is 0 Å². The summed E-state index contributed by atoms with van der Waals surface area (Å²) < 4.78 is 43.3. The highest BCUT2D eigenvalue weighted by Crippen LogP contribution is 2.36. The van der Waals surface area contributed by atoms with E-state index in [2.05, 4.69) is 15.4 Å². The molecule has 0 saturated carbocycles. The summed E-state index contributed by atoms with van der Waals surface area (Å²) in [6.45, 7) is 0. The van der Waals surface area contributed by atoms with Gasteiger partial charge in [-0.3, -0.25) is 0 Å². The Morgan fingerprint density at radius 1 is 1.12 bits per heavy atom. The van der Waals surface area contributed by atoms with Crippen molar-refractivity contribution in [3.63, 3.8) is 0 Å². The molecule has 0 aliphatic heterocycles. The molecule has 0 heterocycles. The van der Waals surface area contributed by atoms with Crippen LogP contribution in [0.5, 0.6) is 0 Å². The van der Waals surface area contributed by atoms with Crippen LogP contribution in [0.4, 0.5) is 23.7 Å². The van der Waals surface area contributed by atoms with Crippen LogP contribution in [0.2, 0.25) is 5.02 Å². The van der Waals surface area contributed by atoms with E-state index in [4.69, 9.17) is 11.6 Å². The number of methoxy groups -OCH3 is 1. The number of hydrogen-bond donors (Lipinski definition) is 2. The summed E-state index contributed by atoms with van der Waals surface area (Å²) in [6.07, 6.45) is -4.66. The molecule has 0 bridgehead atoms. The van der Waals surface area contributed by atoms with Crippen LogP contribution >= 0.6 is 11.6 Å². The van der Waals surface area contributed by atoms with E-state index in [0.29, 0.717) is 11.6 Å². The largest absolute Gasteiger partial charge is 0.467 e. The minimum Gasteiger partial charge on any atom is -0.467 e. The molecule has 0 aliphatic rings. The van der Waals surface area contributed by atoms with Crippen LogP contribution in [0.15, 0.2) is 48.5 Å².